The van der Waals surface area contributed by atoms with Gasteiger partial charge in [-0.1, -0.05) is 5.10 Å². The van der Waals surface area contributed by atoms with Crippen LogP contribution in [0.15, 0.2) is 28.7 Å². The van der Waals surface area contributed by atoms with E-state index < -0.39 is 0 Å². The Balaban J connectivity index is 2.39. The molecule has 4 nitrogen and oxygen atoms in total. The van der Waals surface area contributed by atoms with Gasteiger partial charge < -0.3 is 4.42 Å². The van der Waals surface area contributed by atoms with Gasteiger partial charge in [-0.05, 0) is 35.9 Å². The van der Waals surface area contributed by atoms with E-state index in [0.29, 0.717) is 11.5 Å². The Kier molecular flexibility index (Phi) is 2.17. The first kappa shape index (κ1) is 8.73. The Labute approximate surface area is 84.8 Å². The molecule has 0 spiro atoms. The van der Waals surface area contributed by atoms with Gasteiger partial charge in [-0.2, -0.15) is 5.26 Å². The van der Waals surface area contributed by atoms with E-state index in [1.54, 1.807) is 24.3 Å². The summed E-state index contributed by atoms with van der Waals surface area (Å²) in [5.74, 6) is 0.347. The molecule has 0 aliphatic carbocycles. The van der Waals surface area contributed by atoms with Gasteiger partial charge in [0.05, 0.1) is 11.6 Å². The summed E-state index contributed by atoms with van der Waals surface area (Å²) in [5.41, 5.74) is 1.32. The number of nitriles is 1. The fraction of sp³-hybridized carbons (Fsp3) is 0. The first-order valence-corrected chi connectivity index (χ1v) is 4.17. The Bertz CT molecular complexity index is 484. The van der Waals surface area contributed by atoms with Crippen molar-refractivity contribution in [1.29, 1.82) is 5.26 Å². The summed E-state index contributed by atoms with van der Waals surface area (Å²) in [6.45, 7) is 0. The number of benzene rings is 1. The molecule has 1 aromatic heterocycles. The molecule has 14 heavy (non-hydrogen) atoms. The van der Waals surface area contributed by atoms with Crippen LogP contribution < -0.4 is 0 Å². The van der Waals surface area contributed by atoms with Gasteiger partial charge in [-0.15, -0.1) is 5.10 Å². The van der Waals surface area contributed by atoms with Crippen LogP contribution in [0.2, 0.25) is 5.35 Å². The molecule has 0 radical (unpaired) electrons. The number of halogens is 1. The number of aromatic nitrogens is 2. The smallest absolute Gasteiger partial charge is 0.313 e. The molecule has 0 aliphatic rings. The van der Waals surface area contributed by atoms with E-state index in [1.165, 1.54) is 0 Å². The van der Waals surface area contributed by atoms with Crippen molar-refractivity contribution in [2.75, 3.05) is 0 Å². The predicted molar refractivity (Wildman–Crippen MR) is 49.5 cm³/mol. The zero-order valence-corrected chi connectivity index (χ0v) is 7.69. The van der Waals surface area contributed by atoms with E-state index in [-0.39, 0.29) is 5.35 Å². The molecule has 0 unspecified atom stereocenters. The van der Waals surface area contributed by atoms with Crippen LogP contribution in [0.4, 0.5) is 0 Å². The van der Waals surface area contributed by atoms with Crippen molar-refractivity contribution in [2.45, 2.75) is 0 Å². The first-order chi connectivity index (χ1) is 6.79. The highest BCUT2D eigenvalue weighted by atomic mass is 35.5. The summed E-state index contributed by atoms with van der Waals surface area (Å²) in [4.78, 5) is 0. The minimum atomic E-state index is 0.00404. The Morgan fingerprint density at radius 1 is 1.21 bits per heavy atom. The van der Waals surface area contributed by atoms with Gasteiger partial charge >= 0.3 is 5.35 Å². The third-order valence-corrected chi connectivity index (χ3v) is 1.81. The zero-order chi connectivity index (χ0) is 9.97. The van der Waals surface area contributed by atoms with Crippen LogP contribution in [-0.4, -0.2) is 10.2 Å². The molecule has 2 rings (SSSR count). The van der Waals surface area contributed by atoms with Crippen LogP contribution in [0.5, 0.6) is 0 Å². The van der Waals surface area contributed by atoms with Crippen LogP contribution in [0, 0.1) is 11.3 Å². The maximum absolute atomic E-state index is 8.58. The van der Waals surface area contributed by atoms with Crippen LogP contribution in [0.25, 0.3) is 11.5 Å². The van der Waals surface area contributed by atoms with Gasteiger partial charge in [0.1, 0.15) is 0 Å². The molecule has 1 aromatic carbocycles. The Morgan fingerprint density at radius 2 is 1.93 bits per heavy atom. The molecule has 0 atom stereocenters. The lowest BCUT2D eigenvalue weighted by Gasteiger charge is -1.92. The van der Waals surface area contributed by atoms with E-state index >= 15 is 0 Å². The molecule has 0 fully saturated rings. The minimum Gasteiger partial charge on any atom is -0.407 e. The van der Waals surface area contributed by atoms with Gasteiger partial charge in [0.2, 0.25) is 5.89 Å². The van der Waals surface area contributed by atoms with Gasteiger partial charge in [0, 0.05) is 5.56 Å². The number of hydrogen-bond donors (Lipinski definition) is 0. The van der Waals surface area contributed by atoms with Crippen LogP contribution in [0.1, 0.15) is 5.56 Å². The second-order valence-electron chi connectivity index (χ2n) is 2.55. The van der Waals surface area contributed by atoms with E-state index in [2.05, 4.69) is 10.2 Å². The van der Waals surface area contributed by atoms with Crippen molar-refractivity contribution < 1.29 is 4.42 Å². The zero-order valence-electron chi connectivity index (χ0n) is 6.94. The molecule has 2 aromatic rings. The van der Waals surface area contributed by atoms with Gasteiger partial charge in [-0.3, -0.25) is 0 Å². The summed E-state index contributed by atoms with van der Waals surface area (Å²) in [6.07, 6.45) is 0. The van der Waals surface area contributed by atoms with E-state index in [4.69, 9.17) is 21.3 Å². The summed E-state index contributed by atoms with van der Waals surface area (Å²) < 4.78 is 5.00. The van der Waals surface area contributed by atoms with E-state index in [0.717, 1.165) is 5.56 Å². The SMILES string of the molecule is N#Cc1ccc(-c2nnc(Cl)o2)cc1. The molecular formula is C9H4ClN3O. The van der Waals surface area contributed by atoms with E-state index in [1.807, 2.05) is 6.07 Å². The second kappa shape index (κ2) is 3.48. The molecule has 5 heteroatoms. The molecule has 68 valence electrons. The lowest BCUT2D eigenvalue weighted by atomic mass is 10.1. The molecule has 1 heterocycles. The van der Waals surface area contributed by atoms with Crippen LogP contribution >= 0.6 is 11.6 Å². The quantitative estimate of drug-likeness (QED) is 0.717. The number of rotatable bonds is 1. The van der Waals surface area contributed by atoms with Crippen molar-refractivity contribution in [3.05, 3.63) is 35.2 Å². The van der Waals surface area contributed by atoms with E-state index in [9.17, 15) is 0 Å². The lowest BCUT2D eigenvalue weighted by molar-refractivity contribution is 0.571. The fourth-order valence-electron chi connectivity index (χ4n) is 1.01. The summed E-state index contributed by atoms with van der Waals surface area (Å²) in [7, 11) is 0. The Morgan fingerprint density at radius 3 is 2.43 bits per heavy atom. The monoisotopic (exact) mass is 205 g/mol. The highest BCUT2D eigenvalue weighted by molar-refractivity contribution is 6.27. The molecule has 0 amide bonds. The fourth-order valence-corrected chi connectivity index (χ4v) is 1.12. The average molecular weight is 206 g/mol. The van der Waals surface area contributed by atoms with Crippen molar-refractivity contribution >= 4 is 11.6 Å². The normalized spacial score (nSPS) is 9.71. The third-order valence-electron chi connectivity index (χ3n) is 1.66. The summed E-state index contributed by atoms with van der Waals surface area (Å²) >= 11 is 5.48. The van der Waals surface area contributed by atoms with Crippen molar-refractivity contribution in [3.8, 4) is 17.5 Å². The van der Waals surface area contributed by atoms with Crippen LogP contribution in [-0.2, 0) is 0 Å². The van der Waals surface area contributed by atoms with Crippen molar-refractivity contribution in [1.82, 2.24) is 10.2 Å². The molecule has 0 aliphatic heterocycles. The predicted octanol–water partition coefficient (Wildman–Crippen LogP) is 2.26. The third kappa shape index (κ3) is 1.58. The lowest BCUT2D eigenvalue weighted by Crippen LogP contribution is -1.78. The molecular weight excluding hydrogens is 202 g/mol. The highest BCUT2D eigenvalue weighted by Gasteiger charge is 2.05. The molecule has 0 saturated heterocycles. The Hall–Kier alpha value is -1.86. The molecule has 0 bridgehead atoms. The number of hydrogen-bond acceptors (Lipinski definition) is 4. The standard InChI is InChI=1S/C9H4ClN3O/c10-9-13-12-8(14-9)7-3-1-6(5-11)2-4-7/h1-4H. The largest absolute Gasteiger partial charge is 0.407 e. The van der Waals surface area contributed by atoms with Crippen molar-refractivity contribution in [2.24, 2.45) is 0 Å². The van der Waals surface area contributed by atoms with Gasteiger partial charge in [0.25, 0.3) is 0 Å². The van der Waals surface area contributed by atoms with Crippen molar-refractivity contribution in [3.63, 3.8) is 0 Å². The molecule has 0 saturated carbocycles. The second-order valence-corrected chi connectivity index (χ2v) is 2.87. The maximum Gasteiger partial charge on any atom is 0.313 e. The minimum absolute atomic E-state index is 0.00404. The summed E-state index contributed by atoms with van der Waals surface area (Å²) in [5, 5.41) is 15.8. The maximum atomic E-state index is 8.58. The van der Waals surface area contributed by atoms with Gasteiger partial charge in [0.15, 0.2) is 0 Å². The average Bonchev–Trinajstić information content (AvgIpc) is 2.65. The molecule has 0 N–H and O–H groups in total. The number of nitrogens with zero attached hydrogens (tertiary/aromatic N) is 3. The first-order valence-electron chi connectivity index (χ1n) is 3.79. The van der Waals surface area contributed by atoms with Gasteiger partial charge in [-0.25, -0.2) is 0 Å². The highest BCUT2D eigenvalue weighted by Crippen LogP contribution is 2.19. The topological polar surface area (TPSA) is 62.7 Å². The van der Waals surface area contributed by atoms with Crippen LogP contribution in [0.3, 0.4) is 0 Å². The summed E-state index contributed by atoms with van der Waals surface area (Å²) in [6, 6.07) is 8.82.